The number of hydrogen-bond acceptors (Lipinski definition) is 4. The molecule has 4 heteroatoms. The Hall–Kier alpha value is -7.40. The zero-order valence-electron chi connectivity index (χ0n) is 49.0. The topological polar surface area (TPSA) is 29.0 Å². The van der Waals surface area contributed by atoms with Gasteiger partial charge in [0.15, 0.2) is 0 Å². The number of fused-ring (bicyclic) bond motifs is 6. The van der Waals surface area contributed by atoms with E-state index in [9.17, 15) is 8.22 Å². The smallest absolute Gasteiger partial charge is 0.0973 e. The normalized spacial score (nSPS) is 16.0. The average molecular weight is 777 g/mol. The third-order valence-electron chi connectivity index (χ3n) is 9.67. The summed E-state index contributed by atoms with van der Waals surface area (Å²) in [6, 6.07) is 14.7. The van der Waals surface area contributed by atoms with Gasteiger partial charge in [-0.05, 0) is 76.6 Å². The van der Waals surface area contributed by atoms with Crippen LogP contribution in [0.25, 0.3) is 86.7 Å². The Morgan fingerprint density at radius 2 is 1.12 bits per heavy atom. The Labute approximate surface area is 367 Å². The van der Waals surface area contributed by atoms with Gasteiger partial charge in [0, 0.05) is 53.6 Å². The zero-order chi connectivity index (χ0) is 55.0. The summed E-state index contributed by atoms with van der Waals surface area (Å²) >= 11 is 0.871. The lowest BCUT2D eigenvalue weighted by Gasteiger charge is -2.28. The standard InChI is InChI=1S/C54H35N3S/c1-4-15-36(16-5-1)40-21-14-22-41(33-40)44-23-10-12-25-49(44)57(43-30-32-51-47(35-43)45-24-11-13-26-50(45)58-51)42-29-27-37-28-31-48-54(46(37)34-42)56-53(39-19-8-3-9-20-39)52(55-48)38-17-6-2-7-18-38/h1-35H/i1D,4D,5D,10D,11D,12D,13D,14D,15D,16D,21D,22D,23D,24D,25D,26D,32D,33D,35D. The second-order valence-corrected chi connectivity index (χ2v) is 14.1. The summed E-state index contributed by atoms with van der Waals surface area (Å²) in [4.78, 5) is 11.6. The number of hydrogen-bond donors (Lipinski definition) is 0. The van der Waals surface area contributed by atoms with Crippen molar-refractivity contribution in [2.75, 3.05) is 4.90 Å². The summed E-state index contributed by atoms with van der Waals surface area (Å²) < 4.78 is 172. The lowest BCUT2D eigenvalue weighted by molar-refractivity contribution is 1.29. The van der Waals surface area contributed by atoms with Gasteiger partial charge in [-0.2, -0.15) is 0 Å². The summed E-state index contributed by atoms with van der Waals surface area (Å²) in [7, 11) is 0. The molecule has 0 bridgehead atoms. The summed E-state index contributed by atoms with van der Waals surface area (Å²) in [6.45, 7) is 0. The average Bonchev–Trinajstić information content (AvgIpc) is 3.86. The van der Waals surface area contributed by atoms with Crippen LogP contribution in [0.1, 0.15) is 26.0 Å². The van der Waals surface area contributed by atoms with Gasteiger partial charge in [-0.3, -0.25) is 0 Å². The molecule has 2 aromatic heterocycles. The largest absolute Gasteiger partial charge is 0.310 e. The van der Waals surface area contributed by atoms with Crippen molar-refractivity contribution in [2.24, 2.45) is 0 Å². The molecule has 0 N–H and O–H groups in total. The van der Waals surface area contributed by atoms with Crippen molar-refractivity contribution in [3.63, 3.8) is 0 Å². The molecule has 9 aromatic carbocycles. The quantitative estimate of drug-likeness (QED) is 0.151. The molecule has 58 heavy (non-hydrogen) atoms. The van der Waals surface area contributed by atoms with Crippen LogP contribution in [-0.4, -0.2) is 9.97 Å². The molecule has 0 amide bonds. The van der Waals surface area contributed by atoms with E-state index < -0.39 is 137 Å². The molecule has 3 nitrogen and oxygen atoms in total. The van der Waals surface area contributed by atoms with E-state index in [1.807, 2.05) is 66.7 Å². The summed E-state index contributed by atoms with van der Waals surface area (Å²) in [5.41, 5.74) is 0.00363. The molecule has 11 aromatic rings. The first-order chi connectivity index (χ1) is 36.7. The van der Waals surface area contributed by atoms with Gasteiger partial charge in [0.25, 0.3) is 0 Å². The molecular formula is C54H35N3S. The van der Waals surface area contributed by atoms with Gasteiger partial charge < -0.3 is 4.90 Å². The molecule has 11 rings (SSSR count). The lowest BCUT2D eigenvalue weighted by atomic mass is 9.97. The van der Waals surface area contributed by atoms with E-state index >= 15 is 0 Å². The molecule has 0 spiro atoms. The molecule has 0 saturated carbocycles. The first-order valence-corrected chi connectivity index (χ1v) is 18.8. The van der Waals surface area contributed by atoms with Crippen molar-refractivity contribution in [1.29, 1.82) is 0 Å². The fraction of sp³-hybridized carbons (Fsp3) is 0. The van der Waals surface area contributed by atoms with Crippen LogP contribution in [0.5, 0.6) is 0 Å². The fourth-order valence-corrected chi connectivity index (χ4v) is 7.97. The second kappa shape index (κ2) is 14.3. The monoisotopic (exact) mass is 776 g/mol. The van der Waals surface area contributed by atoms with Crippen molar-refractivity contribution in [2.45, 2.75) is 0 Å². The maximum Gasteiger partial charge on any atom is 0.0973 e. The summed E-state index contributed by atoms with van der Waals surface area (Å²) in [5, 5.41) is 0.907. The number of anilines is 3. The molecule has 0 fully saturated rings. The van der Waals surface area contributed by atoms with Crippen LogP contribution in [0.15, 0.2) is 212 Å². The second-order valence-electron chi connectivity index (χ2n) is 13.1. The summed E-state index contributed by atoms with van der Waals surface area (Å²) in [5.74, 6) is 0. The van der Waals surface area contributed by atoms with Crippen LogP contribution >= 0.6 is 11.3 Å². The van der Waals surface area contributed by atoms with Crippen molar-refractivity contribution < 1.29 is 26.0 Å². The van der Waals surface area contributed by atoms with Crippen LogP contribution in [-0.2, 0) is 0 Å². The van der Waals surface area contributed by atoms with Crippen molar-refractivity contribution in [3.05, 3.63) is 212 Å². The zero-order valence-corrected chi connectivity index (χ0v) is 30.8. The Morgan fingerprint density at radius 3 is 1.95 bits per heavy atom. The Bertz CT molecular complexity index is 4370. The molecule has 0 unspecified atom stereocenters. The van der Waals surface area contributed by atoms with E-state index in [1.54, 1.807) is 24.3 Å². The number of aromatic nitrogens is 2. The first-order valence-electron chi connectivity index (χ1n) is 27.5. The first kappa shape index (κ1) is 19.6. The molecule has 0 atom stereocenters. The predicted octanol–water partition coefficient (Wildman–Crippen LogP) is 15.3. The highest BCUT2D eigenvalue weighted by molar-refractivity contribution is 7.25. The van der Waals surface area contributed by atoms with Crippen molar-refractivity contribution in [3.8, 4) is 44.8 Å². The number of thiophene rings is 1. The third-order valence-corrected chi connectivity index (χ3v) is 10.7. The maximum atomic E-state index is 10.1. The van der Waals surface area contributed by atoms with Gasteiger partial charge in [-0.1, -0.05) is 157 Å². The van der Waals surface area contributed by atoms with E-state index in [0.29, 0.717) is 33.2 Å². The minimum Gasteiger partial charge on any atom is -0.310 e. The van der Waals surface area contributed by atoms with Crippen LogP contribution in [0.2, 0.25) is 0 Å². The highest BCUT2D eigenvalue weighted by Gasteiger charge is 2.21. The Balaban J connectivity index is 1.30. The van der Waals surface area contributed by atoms with Gasteiger partial charge in [-0.25, -0.2) is 9.97 Å². The molecule has 2 heterocycles. The van der Waals surface area contributed by atoms with Gasteiger partial charge in [0.2, 0.25) is 0 Å². The number of rotatable bonds is 7. The van der Waals surface area contributed by atoms with Gasteiger partial charge in [0.1, 0.15) is 0 Å². The van der Waals surface area contributed by atoms with Gasteiger partial charge in [-0.15, -0.1) is 11.3 Å². The van der Waals surface area contributed by atoms with E-state index in [-0.39, 0.29) is 37.6 Å². The number of benzene rings is 9. The minimum atomic E-state index is -0.919. The Morgan fingerprint density at radius 1 is 0.448 bits per heavy atom. The molecule has 0 aliphatic carbocycles. The van der Waals surface area contributed by atoms with Crippen LogP contribution < -0.4 is 4.90 Å². The molecule has 0 aliphatic heterocycles. The van der Waals surface area contributed by atoms with Gasteiger partial charge in [0.05, 0.1) is 54.2 Å². The molecule has 0 saturated heterocycles. The summed E-state index contributed by atoms with van der Waals surface area (Å²) in [6.07, 6.45) is 0. The van der Waals surface area contributed by atoms with Crippen molar-refractivity contribution >= 4 is 70.4 Å². The molecule has 0 radical (unpaired) electrons. The van der Waals surface area contributed by atoms with E-state index in [0.717, 1.165) is 22.5 Å². The minimum absolute atomic E-state index is 0.0484. The van der Waals surface area contributed by atoms with E-state index in [2.05, 4.69) is 0 Å². The molecular weight excluding hydrogens is 723 g/mol. The van der Waals surface area contributed by atoms with Gasteiger partial charge >= 0.3 is 0 Å². The maximum absolute atomic E-state index is 10.1. The SMILES string of the molecule is [2H]c1c([2H])c([2H])c(-c2c([2H])c([2H])c([2H])c(-c3c([2H])c([2H])c([2H])c([2H])c3N(c3ccc4ccc5nc(-c6ccccc6)c(-c6ccccc6)nc5c4c3)c3cc([2H])c4sc5c([2H])c([2H])c([2H])c([2H])c5c4c3[2H])c2[2H])c([2H])c1[2H]. The Kier molecular flexibility index (Phi) is 4.83. The van der Waals surface area contributed by atoms with E-state index in [1.165, 1.54) is 11.0 Å². The van der Waals surface area contributed by atoms with Crippen molar-refractivity contribution in [1.82, 2.24) is 9.97 Å². The third kappa shape index (κ3) is 5.99. The van der Waals surface area contributed by atoms with E-state index in [4.69, 9.17) is 27.8 Å². The fourth-order valence-electron chi connectivity index (χ4n) is 7.03. The lowest BCUT2D eigenvalue weighted by Crippen LogP contribution is -2.11. The molecule has 272 valence electrons. The predicted molar refractivity (Wildman–Crippen MR) is 246 cm³/mol. The number of para-hydroxylation sites is 1. The highest BCUT2D eigenvalue weighted by Crippen LogP contribution is 2.45. The molecule has 0 aliphatic rings. The number of nitrogens with zero attached hydrogens (tertiary/aromatic N) is 3. The van der Waals surface area contributed by atoms with Crippen LogP contribution in [0.4, 0.5) is 17.1 Å². The van der Waals surface area contributed by atoms with Crippen LogP contribution in [0, 0.1) is 0 Å². The highest BCUT2D eigenvalue weighted by atomic mass is 32.1. The van der Waals surface area contributed by atoms with Crippen LogP contribution in [0.3, 0.4) is 0 Å².